The monoisotopic (exact) mass is 372 g/mol. The zero-order chi connectivity index (χ0) is 18.4. The molecular formula is C22H44O2S. The normalized spacial score (nSPS) is 11.0. The molecule has 0 saturated heterocycles. The molecule has 0 spiro atoms. The van der Waals surface area contributed by atoms with Crippen molar-refractivity contribution in [2.45, 2.75) is 116 Å². The van der Waals surface area contributed by atoms with Crippen LogP contribution in [0.2, 0.25) is 0 Å². The van der Waals surface area contributed by atoms with Gasteiger partial charge in [-0.05, 0) is 12.7 Å². The van der Waals surface area contributed by atoms with Crippen molar-refractivity contribution in [2.75, 3.05) is 18.6 Å². The van der Waals surface area contributed by atoms with E-state index in [1.165, 1.54) is 96.3 Å². The van der Waals surface area contributed by atoms with Crippen LogP contribution in [0.25, 0.3) is 0 Å². The lowest BCUT2D eigenvalue weighted by atomic mass is 10.0. The van der Waals surface area contributed by atoms with Crippen molar-refractivity contribution in [3.05, 3.63) is 0 Å². The van der Waals surface area contributed by atoms with E-state index in [4.69, 9.17) is 4.74 Å². The van der Waals surface area contributed by atoms with E-state index in [9.17, 15) is 4.79 Å². The second-order valence-corrected chi connectivity index (χ2v) is 8.25. The summed E-state index contributed by atoms with van der Waals surface area (Å²) in [5, 5.41) is 0. The van der Waals surface area contributed by atoms with E-state index >= 15 is 0 Å². The van der Waals surface area contributed by atoms with Crippen LogP contribution in [0.4, 0.5) is 0 Å². The Bertz CT molecular complexity index is 269. The van der Waals surface area contributed by atoms with E-state index in [0.29, 0.717) is 13.0 Å². The molecule has 0 bridgehead atoms. The van der Waals surface area contributed by atoms with E-state index in [1.54, 1.807) is 11.8 Å². The second-order valence-electron chi connectivity index (χ2n) is 7.27. The van der Waals surface area contributed by atoms with E-state index in [-0.39, 0.29) is 5.97 Å². The van der Waals surface area contributed by atoms with Gasteiger partial charge in [0, 0.05) is 5.75 Å². The number of unbranched alkanes of at least 4 members (excludes halogenated alkanes) is 15. The minimum atomic E-state index is -0.0321. The molecule has 0 rings (SSSR count). The molecule has 0 fully saturated rings. The number of esters is 1. The Hall–Kier alpha value is -0.180. The van der Waals surface area contributed by atoms with Gasteiger partial charge in [-0.15, -0.1) is 0 Å². The third-order valence-electron chi connectivity index (χ3n) is 4.77. The summed E-state index contributed by atoms with van der Waals surface area (Å²) in [6, 6.07) is 0. The summed E-state index contributed by atoms with van der Waals surface area (Å²) in [6.07, 6.45) is 24.5. The van der Waals surface area contributed by atoms with Crippen molar-refractivity contribution in [1.82, 2.24) is 0 Å². The quantitative estimate of drug-likeness (QED) is 0.163. The minimum Gasteiger partial charge on any atom is -0.466 e. The molecule has 2 nitrogen and oxygen atoms in total. The maximum absolute atomic E-state index is 11.3. The summed E-state index contributed by atoms with van der Waals surface area (Å²) in [7, 11) is 0. The number of carbonyl (C=O) groups excluding carboxylic acids is 1. The number of hydrogen-bond acceptors (Lipinski definition) is 3. The van der Waals surface area contributed by atoms with Gasteiger partial charge in [-0.25, -0.2) is 0 Å². The van der Waals surface area contributed by atoms with Crippen molar-refractivity contribution >= 4 is 17.7 Å². The van der Waals surface area contributed by atoms with E-state index in [0.717, 1.165) is 12.2 Å². The van der Waals surface area contributed by atoms with E-state index in [2.05, 4.69) is 6.92 Å². The standard InChI is InChI=1S/C22H44O2S/c1-3-4-5-6-7-8-9-10-11-12-13-14-15-16-17-18-20-24-22(23)19-21-25-2/h3-21H2,1-2H3. The molecule has 150 valence electrons. The molecule has 0 heterocycles. The first-order valence-corrected chi connectivity index (χ1v) is 12.3. The van der Waals surface area contributed by atoms with Crippen LogP contribution in [-0.2, 0) is 9.53 Å². The van der Waals surface area contributed by atoms with Gasteiger partial charge < -0.3 is 4.74 Å². The van der Waals surface area contributed by atoms with Crippen molar-refractivity contribution in [3.8, 4) is 0 Å². The average molecular weight is 373 g/mol. The minimum absolute atomic E-state index is 0.0321. The molecule has 0 N–H and O–H groups in total. The Morgan fingerprint density at radius 1 is 0.680 bits per heavy atom. The third-order valence-corrected chi connectivity index (χ3v) is 5.38. The van der Waals surface area contributed by atoms with Crippen LogP contribution in [0.3, 0.4) is 0 Å². The van der Waals surface area contributed by atoms with Crippen LogP contribution in [0.5, 0.6) is 0 Å². The molecule has 0 saturated carbocycles. The van der Waals surface area contributed by atoms with Crippen LogP contribution < -0.4 is 0 Å². The average Bonchev–Trinajstić information content (AvgIpc) is 2.62. The number of hydrogen-bond donors (Lipinski definition) is 0. The first-order valence-electron chi connectivity index (χ1n) is 11.0. The highest BCUT2D eigenvalue weighted by atomic mass is 32.2. The van der Waals surface area contributed by atoms with Gasteiger partial charge in [0.25, 0.3) is 0 Å². The van der Waals surface area contributed by atoms with Crippen LogP contribution >= 0.6 is 11.8 Å². The van der Waals surface area contributed by atoms with Gasteiger partial charge in [-0.1, -0.05) is 103 Å². The molecule has 0 aromatic carbocycles. The molecule has 0 aliphatic heterocycles. The lowest BCUT2D eigenvalue weighted by Crippen LogP contribution is -2.06. The highest BCUT2D eigenvalue weighted by molar-refractivity contribution is 7.98. The maximum Gasteiger partial charge on any atom is 0.306 e. The van der Waals surface area contributed by atoms with Crippen molar-refractivity contribution in [3.63, 3.8) is 0 Å². The molecule has 0 atom stereocenters. The highest BCUT2D eigenvalue weighted by Crippen LogP contribution is 2.13. The second kappa shape index (κ2) is 21.9. The molecule has 0 aromatic rings. The van der Waals surface area contributed by atoms with Gasteiger partial charge in [0.15, 0.2) is 0 Å². The lowest BCUT2D eigenvalue weighted by molar-refractivity contribution is -0.143. The van der Waals surface area contributed by atoms with Crippen molar-refractivity contribution in [2.24, 2.45) is 0 Å². The third kappa shape index (κ3) is 21.8. The number of thioether (sulfide) groups is 1. The Kier molecular flexibility index (Phi) is 21.7. The van der Waals surface area contributed by atoms with Gasteiger partial charge in [-0.2, -0.15) is 11.8 Å². The van der Waals surface area contributed by atoms with Crippen LogP contribution in [-0.4, -0.2) is 24.6 Å². The summed E-state index contributed by atoms with van der Waals surface area (Å²) in [5.41, 5.74) is 0. The molecule has 0 aromatic heterocycles. The SMILES string of the molecule is CCCCCCCCCCCCCCCCCCOC(=O)CCSC. The predicted molar refractivity (Wildman–Crippen MR) is 114 cm³/mol. The van der Waals surface area contributed by atoms with Gasteiger partial charge >= 0.3 is 5.97 Å². The molecule has 0 amide bonds. The Morgan fingerprint density at radius 3 is 1.48 bits per heavy atom. The first kappa shape index (κ1) is 24.8. The maximum atomic E-state index is 11.3. The summed E-state index contributed by atoms with van der Waals surface area (Å²) < 4.78 is 5.21. The molecule has 0 aliphatic rings. The van der Waals surface area contributed by atoms with Gasteiger partial charge in [0.1, 0.15) is 0 Å². The van der Waals surface area contributed by atoms with Crippen molar-refractivity contribution < 1.29 is 9.53 Å². The highest BCUT2D eigenvalue weighted by Gasteiger charge is 2.01. The van der Waals surface area contributed by atoms with Crippen LogP contribution in [0, 0.1) is 0 Å². The topological polar surface area (TPSA) is 26.3 Å². The van der Waals surface area contributed by atoms with Gasteiger partial charge in [0.05, 0.1) is 13.0 Å². The van der Waals surface area contributed by atoms with Crippen LogP contribution in [0.1, 0.15) is 116 Å². The summed E-state index contributed by atoms with van der Waals surface area (Å²) >= 11 is 1.69. The number of ether oxygens (including phenoxy) is 1. The summed E-state index contributed by atoms with van der Waals surface area (Å²) in [4.78, 5) is 11.3. The fourth-order valence-electron chi connectivity index (χ4n) is 3.09. The van der Waals surface area contributed by atoms with Gasteiger partial charge in [0.2, 0.25) is 0 Å². The first-order chi connectivity index (χ1) is 12.3. The molecule has 0 aliphatic carbocycles. The van der Waals surface area contributed by atoms with E-state index in [1.807, 2.05) is 6.26 Å². The Labute approximate surface area is 162 Å². The fourth-order valence-corrected chi connectivity index (χ4v) is 3.46. The van der Waals surface area contributed by atoms with E-state index < -0.39 is 0 Å². The summed E-state index contributed by atoms with van der Waals surface area (Å²) in [5.74, 6) is 0.841. The molecule has 0 radical (unpaired) electrons. The van der Waals surface area contributed by atoms with Crippen LogP contribution in [0.15, 0.2) is 0 Å². The number of carbonyl (C=O) groups is 1. The van der Waals surface area contributed by atoms with Crippen molar-refractivity contribution in [1.29, 1.82) is 0 Å². The fraction of sp³-hybridized carbons (Fsp3) is 0.955. The zero-order valence-electron chi connectivity index (χ0n) is 17.2. The predicted octanol–water partition coefficient (Wildman–Crippen LogP) is 7.54. The molecule has 3 heteroatoms. The number of rotatable bonds is 20. The van der Waals surface area contributed by atoms with Gasteiger partial charge in [-0.3, -0.25) is 4.79 Å². The Morgan fingerprint density at radius 2 is 1.08 bits per heavy atom. The smallest absolute Gasteiger partial charge is 0.306 e. The lowest BCUT2D eigenvalue weighted by Gasteiger charge is -2.05. The largest absolute Gasteiger partial charge is 0.466 e. The molecular weight excluding hydrogens is 328 g/mol. The molecule has 25 heavy (non-hydrogen) atoms. The Balaban J connectivity index is 3.04. The molecule has 0 unspecified atom stereocenters. The zero-order valence-corrected chi connectivity index (χ0v) is 18.0. The summed E-state index contributed by atoms with van der Waals surface area (Å²) in [6.45, 7) is 2.90.